The quantitative estimate of drug-likeness (QED) is 0.756. The first-order valence-corrected chi connectivity index (χ1v) is 5.82. The molecule has 0 aliphatic carbocycles. The molecule has 0 spiro atoms. The van der Waals surface area contributed by atoms with Crippen LogP contribution in [-0.4, -0.2) is 36.4 Å². The summed E-state index contributed by atoms with van der Waals surface area (Å²) >= 11 is 0. The van der Waals surface area contributed by atoms with Crippen molar-refractivity contribution in [1.82, 2.24) is 15.5 Å². The lowest BCUT2D eigenvalue weighted by molar-refractivity contribution is 0.724. The number of aromatic nitrogens is 2. The van der Waals surface area contributed by atoms with Crippen LogP contribution in [0, 0.1) is 0 Å². The lowest BCUT2D eigenvalue weighted by Crippen LogP contribution is -2.27. The van der Waals surface area contributed by atoms with Crippen LogP contribution in [0.15, 0.2) is 24.4 Å². The minimum absolute atomic E-state index is 1.07. The van der Waals surface area contributed by atoms with Crippen LogP contribution in [0.4, 0.5) is 5.69 Å². The van der Waals surface area contributed by atoms with Crippen LogP contribution in [0.3, 0.4) is 0 Å². The van der Waals surface area contributed by atoms with Crippen molar-refractivity contribution < 1.29 is 0 Å². The molecule has 1 saturated heterocycles. The summed E-state index contributed by atoms with van der Waals surface area (Å²) in [6.07, 6.45) is 3.10. The summed E-state index contributed by atoms with van der Waals surface area (Å²) in [5.41, 5.74) is 2.41. The van der Waals surface area contributed by atoms with Gasteiger partial charge in [0.05, 0.1) is 11.7 Å². The van der Waals surface area contributed by atoms with Gasteiger partial charge < -0.3 is 10.2 Å². The van der Waals surface area contributed by atoms with Crippen LogP contribution < -0.4 is 10.2 Å². The van der Waals surface area contributed by atoms with Crippen molar-refractivity contribution >= 4 is 16.6 Å². The van der Waals surface area contributed by atoms with Gasteiger partial charge in [-0.25, -0.2) is 0 Å². The molecule has 3 rings (SSSR count). The maximum atomic E-state index is 4.05. The maximum Gasteiger partial charge on any atom is 0.0651 e. The molecular weight excluding hydrogens is 200 g/mol. The number of H-pyrrole nitrogens is 1. The maximum absolute atomic E-state index is 4.05. The second kappa shape index (κ2) is 4.14. The van der Waals surface area contributed by atoms with Crippen molar-refractivity contribution in [2.45, 2.75) is 6.42 Å². The second-order valence-electron chi connectivity index (χ2n) is 4.23. The van der Waals surface area contributed by atoms with E-state index in [1.807, 2.05) is 6.20 Å². The number of benzene rings is 1. The van der Waals surface area contributed by atoms with Gasteiger partial charge in [-0.1, -0.05) is 0 Å². The van der Waals surface area contributed by atoms with Gasteiger partial charge >= 0.3 is 0 Å². The number of fused-ring (bicyclic) bond motifs is 1. The number of anilines is 1. The molecule has 4 nitrogen and oxygen atoms in total. The molecule has 1 fully saturated rings. The van der Waals surface area contributed by atoms with Crippen LogP contribution in [0.2, 0.25) is 0 Å². The highest BCUT2D eigenvalue weighted by molar-refractivity contribution is 5.82. The largest absolute Gasteiger partial charge is 0.370 e. The van der Waals surface area contributed by atoms with Crippen molar-refractivity contribution in [3.05, 3.63) is 24.4 Å². The highest BCUT2D eigenvalue weighted by Gasteiger charge is 2.09. The minimum Gasteiger partial charge on any atom is -0.370 e. The Morgan fingerprint density at radius 2 is 2.19 bits per heavy atom. The Kier molecular flexibility index (Phi) is 2.50. The summed E-state index contributed by atoms with van der Waals surface area (Å²) < 4.78 is 0. The van der Waals surface area contributed by atoms with Crippen molar-refractivity contribution in [1.29, 1.82) is 0 Å². The third-order valence-electron chi connectivity index (χ3n) is 3.13. The lowest BCUT2D eigenvalue weighted by Gasteiger charge is -2.22. The van der Waals surface area contributed by atoms with E-state index in [9.17, 15) is 0 Å². The fourth-order valence-electron chi connectivity index (χ4n) is 2.23. The SMILES string of the molecule is c1cc2[nH]ncc2cc1N1CCCNCC1. The molecule has 0 unspecified atom stereocenters. The molecular formula is C12H16N4. The smallest absolute Gasteiger partial charge is 0.0651 e. The van der Waals surface area contributed by atoms with E-state index in [4.69, 9.17) is 0 Å². The second-order valence-corrected chi connectivity index (χ2v) is 4.23. The molecule has 0 atom stereocenters. The van der Waals surface area contributed by atoms with E-state index in [1.165, 1.54) is 17.5 Å². The Labute approximate surface area is 94.6 Å². The van der Waals surface area contributed by atoms with E-state index < -0.39 is 0 Å². The molecule has 0 radical (unpaired) electrons. The molecule has 2 heterocycles. The van der Waals surface area contributed by atoms with Gasteiger partial charge in [0.2, 0.25) is 0 Å². The summed E-state index contributed by atoms with van der Waals surface area (Å²) in [6.45, 7) is 4.42. The van der Waals surface area contributed by atoms with Gasteiger partial charge in [0.15, 0.2) is 0 Å². The zero-order chi connectivity index (χ0) is 10.8. The molecule has 0 bridgehead atoms. The van der Waals surface area contributed by atoms with Gasteiger partial charge in [0.25, 0.3) is 0 Å². The Morgan fingerprint density at radius 1 is 1.19 bits per heavy atom. The molecule has 0 amide bonds. The van der Waals surface area contributed by atoms with E-state index in [0.29, 0.717) is 0 Å². The van der Waals surface area contributed by atoms with E-state index in [0.717, 1.165) is 31.7 Å². The van der Waals surface area contributed by atoms with Crippen LogP contribution in [0.25, 0.3) is 10.9 Å². The fourth-order valence-corrected chi connectivity index (χ4v) is 2.23. The number of hydrogen-bond acceptors (Lipinski definition) is 3. The molecule has 4 heteroatoms. The average Bonchev–Trinajstić information content (AvgIpc) is 2.61. The van der Waals surface area contributed by atoms with E-state index >= 15 is 0 Å². The fraction of sp³-hybridized carbons (Fsp3) is 0.417. The molecule has 1 aliphatic heterocycles. The van der Waals surface area contributed by atoms with Gasteiger partial charge in [-0.15, -0.1) is 0 Å². The first kappa shape index (κ1) is 9.66. The summed E-state index contributed by atoms with van der Waals surface area (Å²) in [4.78, 5) is 2.44. The molecule has 2 N–H and O–H groups in total. The predicted molar refractivity (Wildman–Crippen MR) is 65.8 cm³/mol. The normalized spacial score (nSPS) is 17.6. The first-order chi connectivity index (χ1) is 7.93. The van der Waals surface area contributed by atoms with Crippen molar-refractivity contribution in [2.24, 2.45) is 0 Å². The van der Waals surface area contributed by atoms with Crippen LogP contribution in [0.5, 0.6) is 0 Å². The van der Waals surface area contributed by atoms with Crippen molar-refractivity contribution in [2.75, 3.05) is 31.1 Å². The van der Waals surface area contributed by atoms with Crippen LogP contribution >= 0.6 is 0 Å². The average molecular weight is 216 g/mol. The summed E-state index contributed by atoms with van der Waals surface area (Å²) in [6, 6.07) is 6.49. The predicted octanol–water partition coefficient (Wildman–Crippen LogP) is 1.36. The minimum atomic E-state index is 1.07. The first-order valence-electron chi connectivity index (χ1n) is 5.82. The molecule has 1 aromatic heterocycles. The monoisotopic (exact) mass is 216 g/mol. The Morgan fingerprint density at radius 3 is 3.19 bits per heavy atom. The zero-order valence-corrected chi connectivity index (χ0v) is 9.24. The van der Waals surface area contributed by atoms with Gasteiger partial charge in [-0.2, -0.15) is 5.10 Å². The number of nitrogens with zero attached hydrogens (tertiary/aromatic N) is 2. The summed E-state index contributed by atoms with van der Waals surface area (Å²) in [5, 5.41) is 11.6. The van der Waals surface area contributed by atoms with Crippen LogP contribution in [-0.2, 0) is 0 Å². The van der Waals surface area contributed by atoms with Gasteiger partial charge in [0, 0.05) is 30.7 Å². The molecule has 1 aromatic carbocycles. The Bertz CT molecular complexity index is 469. The molecule has 84 valence electrons. The van der Waals surface area contributed by atoms with E-state index in [-0.39, 0.29) is 0 Å². The molecule has 16 heavy (non-hydrogen) atoms. The number of hydrogen-bond donors (Lipinski definition) is 2. The van der Waals surface area contributed by atoms with E-state index in [1.54, 1.807) is 0 Å². The number of aromatic amines is 1. The molecule has 2 aromatic rings. The standard InChI is InChI=1S/C12H16N4/c1-4-13-5-7-16(6-1)11-2-3-12-10(8-11)9-14-15-12/h2-3,8-9,13H,1,4-7H2,(H,14,15). The topological polar surface area (TPSA) is 44.0 Å². The lowest BCUT2D eigenvalue weighted by atomic mass is 10.2. The van der Waals surface area contributed by atoms with Crippen molar-refractivity contribution in [3.8, 4) is 0 Å². The molecule has 1 aliphatic rings. The highest BCUT2D eigenvalue weighted by Crippen LogP contribution is 2.20. The third-order valence-corrected chi connectivity index (χ3v) is 3.13. The number of nitrogens with one attached hydrogen (secondary N) is 2. The highest BCUT2D eigenvalue weighted by atomic mass is 15.2. The van der Waals surface area contributed by atoms with Crippen LogP contribution in [0.1, 0.15) is 6.42 Å². The zero-order valence-electron chi connectivity index (χ0n) is 9.24. The molecule has 0 saturated carbocycles. The third kappa shape index (κ3) is 1.76. The van der Waals surface area contributed by atoms with Crippen molar-refractivity contribution in [3.63, 3.8) is 0 Å². The van der Waals surface area contributed by atoms with Gasteiger partial charge in [-0.3, -0.25) is 5.10 Å². The Hall–Kier alpha value is -1.55. The van der Waals surface area contributed by atoms with Gasteiger partial charge in [-0.05, 0) is 31.2 Å². The Balaban J connectivity index is 1.91. The number of rotatable bonds is 1. The van der Waals surface area contributed by atoms with E-state index in [2.05, 4.69) is 38.6 Å². The summed E-state index contributed by atoms with van der Waals surface area (Å²) in [5.74, 6) is 0. The summed E-state index contributed by atoms with van der Waals surface area (Å²) in [7, 11) is 0. The van der Waals surface area contributed by atoms with Gasteiger partial charge in [0.1, 0.15) is 0 Å².